The third kappa shape index (κ3) is 3.67. The van der Waals surface area contributed by atoms with Gasteiger partial charge in [0.15, 0.2) is 0 Å². The van der Waals surface area contributed by atoms with Gasteiger partial charge in [0, 0.05) is 19.8 Å². The summed E-state index contributed by atoms with van der Waals surface area (Å²) in [7, 11) is 1.83. The number of aromatic nitrogens is 2. The lowest BCUT2D eigenvalue weighted by molar-refractivity contribution is 0.363. The van der Waals surface area contributed by atoms with Crippen LogP contribution >= 0.6 is 11.6 Å². The standard InChI is InChI=1S/C18H19ClFN5O2/c1-9-5-12(11-4-3-10(20)6-13(11)19)15(7-21)25(2)16(9)23-14-8-22-18(27)24-17(14)26/h3-6,8,15,23H,7,21H2,1-2H3,(H2,22,24,26,27). The first-order chi connectivity index (χ1) is 12.8. The molecule has 1 atom stereocenters. The van der Waals surface area contributed by atoms with E-state index in [0.717, 1.165) is 11.1 Å². The molecule has 9 heteroatoms. The monoisotopic (exact) mass is 391 g/mol. The van der Waals surface area contributed by atoms with Gasteiger partial charge in [-0.3, -0.25) is 9.78 Å². The minimum absolute atomic E-state index is 0.197. The topological polar surface area (TPSA) is 107 Å². The summed E-state index contributed by atoms with van der Waals surface area (Å²) in [6, 6.07) is 3.99. The lowest BCUT2D eigenvalue weighted by atomic mass is 9.92. The van der Waals surface area contributed by atoms with Crippen LogP contribution in [0.25, 0.3) is 5.57 Å². The van der Waals surface area contributed by atoms with Crippen LogP contribution in [0.4, 0.5) is 10.1 Å². The highest BCUT2D eigenvalue weighted by Gasteiger charge is 2.28. The summed E-state index contributed by atoms with van der Waals surface area (Å²) in [6.07, 6.45) is 3.21. The van der Waals surface area contributed by atoms with E-state index in [1.54, 1.807) is 6.07 Å². The first-order valence-corrected chi connectivity index (χ1v) is 8.59. The first-order valence-electron chi connectivity index (χ1n) is 8.21. The molecule has 2 heterocycles. The second kappa shape index (κ2) is 7.42. The molecular weight excluding hydrogens is 373 g/mol. The predicted octanol–water partition coefficient (Wildman–Crippen LogP) is 1.86. The van der Waals surface area contributed by atoms with Crippen LogP contribution in [0.15, 0.2) is 51.5 Å². The summed E-state index contributed by atoms with van der Waals surface area (Å²) in [5, 5.41) is 3.33. The molecule has 1 aliphatic rings. The molecule has 2 aromatic rings. The van der Waals surface area contributed by atoms with E-state index < -0.39 is 17.1 Å². The van der Waals surface area contributed by atoms with Crippen molar-refractivity contribution in [2.75, 3.05) is 18.9 Å². The number of likely N-dealkylation sites (N-methyl/N-ethyl adjacent to an activating group) is 1. The number of rotatable bonds is 4. The molecule has 0 fully saturated rings. The van der Waals surface area contributed by atoms with Gasteiger partial charge >= 0.3 is 5.69 Å². The lowest BCUT2D eigenvalue weighted by Crippen LogP contribution is -2.43. The number of hydrogen-bond acceptors (Lipinski definition) is 5. The van der Waals surface area contributed by atoms with Gasteiger partial charge in [-0.15, -0.1) is 0 Å². The maximum absolute atomic E-state index is 13.4. The summed E-state index contributed by atoms with van der Waals surface area (Å²) in [5.74, 6) is 0.245. The SMILES string of the molecule is CC1=C(Nc2c[nH]c(=O)[nH]c2=O)N(C)C(CN)C(c2ccc(F)cc2Cl)=C1. The maximum atomic E-state index is 13.4. The smallest absolute Gasteiger partial charge is 0.325 e. The third-order valence-corrected chi connectivity index (χ3v) is 4.78. The number of nitrogens with one attached hydrogen (secondary N) is 3. The molecule has 0 amide bonds. The minimum Gasteiger partial charge on any atom is -0.353 e. The van der Waals surface area contributed by atoms with E-state index in [-0.39, 0.29) is 18.3 Å². The van der Waals surface area contributed by atoms with Gasteiger partial charge in [-0.05, 0) is 41.8 Å². The Labute approximate surface area is 159 Å². The Morgan fingerprint density at radius 2 is 2.11 bits per heavy atom. The number of nitrogens with two attached hydrogens (primary N) is 1. The zero-order chi connectivity index (χ0) is 19.7. The maximum Gasteiger partial charge on any atom is 0.325 e. The summed E-state index contributed by atoms with van der Waals surface area (Å²) in [4.78, 5) is 29.6. The van der Waals surface area contributed by atoms with Crippen LogP contribution in [0.3, 0.4) is 0 Å². The van der Waals surface area contributed by atoms with Crippen molar-refractivity contribution < 1.29 is 4.39 Å². The van der Waals surface area contributed by atoms with Crippen molar-refractivity contribution in [3.05, 3.63) is 79.1 Å². The molecule has 142 valence electrons. The molecule has 3 rings (SSSR count). The van der Waals surface area contributed by atoms with Crippen LogP contribution in [0, 0.1) is 5.82 Å². The fourth-order valence-corrected chi connectivity index (χ4v) is 3.40. The van der Waals surface area contributed by atoms with Gasteiger partial charge in [0.05, 0.1) is 11.1 Å². The van der Waals surface area contributed by atoms with Crippen molar-refractivity contribution in [3.8, 4) is 0 Å². The van der Waals surface area contributed by atoms with Crippen LogP contribution in [-0.2, 0) is 0 Å². The molecule has 0 radical (unpaired) electrons. The highest BCUT2D eigenvalue weighted by molar-refractivity contribution is 6.32. The van der Waals surface area contributed by atoms with Gasteiger partial charge < -0.3 is 20.9 Å². The summed E-state index contributed by atoms with van der Waals surface area (Å²) < 4.78 is 13.4. The van der Waals surface area contributed by atoms with Crippen molar-refractivity contribution in [2.45, 2.75) is 13.0 Å². The average Bonchev–Trinajstić information content (AvgIpc) is 2.60. The second-order valence-electron chi connectivity index (χ2n) is 6.23. The van der Waals surface area contributed by atoms with Gasteiger partial charge in [0.2, 0.25) is 0 Å². The number of aromatic amines is 2. The molecule has 1 aromatic heterocycles. The molecule has 1 unspecified atom stereocenters. The van der Waals surface area contributed by atoms with Gasteiger partial charge in [0.25, 0.3) is 5.56 Å². The third-order valence-electron chi connectivity index (χ3n) is 4.46. The van der Waals surface area contributed by atoms with E-state index in [4.69, 9.17) is 17.3 Å². The van der Waals surface area contributed by atoms with Crippen molar-refractivity contribution >= 4 is 22.9 Å². The molecule has 0 spiro atoms. The van der Waals surface area contributed by atoms with E-state index in [1.165, 1.54) is 18.3 Å². The number of nitrogens with zero attached hydrogens (tertiary/aromatic N) is 1. The number of anilines is 1. The van der Waals surface area contributed by atoms with Crippen molar-refractivity contribution in [2.24, 2.45) is 5.73 Å². The lowest BCUT2D eigenvalue weighted by Gasteiger charge is -2.37. The van der Waals surface area contributed by atoms with Crippen LogP contribution in [0.5, 0.6) is 0 Å². The van der Waals surface area contributed by atoms with Crippen molar-refractivity contribution in [1.29, 1.82) is 0 Å². The normalized spacial score (nSPS) is 17.1. The Kier molecular flexibility index (Phi) is 5.20. The number of hydrogen-bond donors (Lipinski definition) is 4. The van der Waals surface area contributed by atoms with Crippen molar-refractivity contribution in [3.63, 3.8) is 0 Å². The van der Waals surface area contributed by atoms with Gasteiger partial charge in [0.1, 0.15) is 17.3 Å². The van der Waals surface area contributed by atoms with E-state index in [9.17, 15) is 14.0 Å². The average molecular weight is 392 g/mol. The highest BCUT2D eigenvalue weighted by Crippen LogP contribution is 2.34. The zero-order valence-corrected chi connectivity index (χ0v) is 15.5. The highest BCUT2D eigenvalue weighted by atomic mass is 35.5. The second-order valence-corrected chi connectivity index (χ2v) is 6.64. The van der Waals surface area contributed by atoms with Crippen LogP contribution in [0.1, 0.15) is 12.5 Å². The Morgan fingerprint density at radius 3 is 2.74 bits per heavy atom. The fourth-order valence-electron chi connectivity index (χ4n) is 3.12. The molecule has 7 nitrogen and oxygen atoms in total. The number of halogens is 2. The van der Waals surface area contributed by atoms with Crippen LogP contribution < -0.4 is 22.3 Å². The summed E-state index contributed by atoms with van der Waals surface area (Å²) in [6.45, 7) is 2.14. The minimum atomic E-state index is -0.582. The van der Waals surface area contributed by atoms with Gasteiger partial charge in [-0.25, -0.2) is 9.18 Å². The van der Waals surface area contributed by atoms with E-state index in [0.29, 0.717) is 16.4 Å². The predicted molar refractivity (Wildman–Crippen MR) is 104 cm³/mol. The molecule has 0 saturated carbocycles. The zero-order valence-electron chi connectivity index (χ0n) is 14.8. The molecule has 0 aliphatic carbocycles. The Morgan fingerprint density at radius 1 is 1.37 bits per heavy atom. The number of H-pyrrole nitrogens is 2. The fraction of sp³-hybridized carbons (Fsp3) is 0.222. The molecular formula is C18H19ClFN5O2. The van der Waals surface area contributed by atoms with Crippen LogP contribution in [0.2, 0.25) is 5.02 Å². The van der Waals surface area contributed by atoms with Crippen LogP contribution in [-0.4, -0.2) is 34.5 Å². The molecule has 1 aromatic carbocycles. The number of benzene rings is 1. The molecule has 1 aliphatic heterocycles. The van der Waals surface area contributed by atoms with Crippen molar-refractivity contribution in [1.82, 2.24) is 14.9 Å². The molecule has 0 saturated heterocycles. The van der Waals surface area contributed by atoms with Gasteiger partial charge in [-0.2, -0.15) is 0 Å². The molecule has 5 N–H and O–H groups in total. The van der Waals surface area contributed by atoms with E-state index in [2.05, 4.69) is 15.3 Å². The summed E-state index contributed by atoms with van der Waals surface area (Å²) >= 11 is 6.23. The Balaban J connectivity index is 2.06. The van der Waals surface area contributed by atoms with Gasteiger partial charge in [-0.1, -0.05) is 17.7 Å². The van der Waals surface area contributed by atoms with E-state index >= 15 is 0 Å². The van der Waals surface area contributed by atoms with E-state index in [1.807, 2.05) is 24.9 Å². The summed E-state index contributed by atoms with van der Waals surface area (Å²) in [5.41, 5.74) is 7.44. The Hall–Kier alpha value is -2.84. The Bertz CT molecular complexity index is 1060. The largest absolute Gasteiger partial charge is 0.353 e. The number of allylic oxidation sites excluding steroid dienone is 2. The molecule has 0 bridgehead atoms. The molecule has 27 heavy (non-hydrogen) atoms. The first kappa shape index (κ1) is 18.9. The quantitative estimate of drug-likeness (QED) is 0.636.